The van der Waals surface area contributed by atoms with Crippen LogP contribution in [0.3, 0.4) is 0 Å². The van der Waals surface area contributed by atoms with Crippen LogP contribution < -0.4 is 5.32 Å². The van der Waals surface area contributed by atoms with E-state index in [1.54, 1.807) is 11.6 Å². The van der Waals surface area contributed by atoms with Crippen molar-refractivity contribution in [1.29, 1.82) is 0 Å². The van der Waals surface area contributed by atoms with E-state index in [0.717, 1.165) is 28.6 Å². The van der Waals surface area contributed by atoms with Gasteiger partial charge in [0.25, 0.3) is 5.91 Å². The summed E-state index contributed by atoms with van der Waals surface area (Å²) in [6.07, 6.45) is 0. The lowest BCUT2D eigenvalue weighted by Crippen LogP contribution is -2.17. The topological polar surface area (TPSA) is 34.0 Å². The molecule has 0 aliphatic carbocycles. The summed E-state index contributed by atoms with van der Waals surface area (Å²) in [4.78, 5) is 12.5. The number of hydrogen-bond donors (Lipinski definition) is 1. The highest BCUT2D eigenvalue weighted by Crippen LogP contribution is 2.25. The van der Waals surface area contributed by atoms with E-state index in [1.165, 1.54) is 6.07 Å². The molecule has 0 bridgehead atoms. The maximum absolute atomic E-state index is 13.7. The predicted octanol–water partition coefficient (Wildman–Crippen LogP) is 4.02. The number of rotatable bonds is 2. The first-order valence-electron chi connectivity index (χ1n) is 6.79. The van der Waals surface area contributed by atoms with Crippen LogP contribution >= 0.6 is 0 Å². The number of anilines is 1. The lowest BCUT2D eigenvalue weighted by Gasteiger charge is -2.08. The molecule has 0 aliphatic rings. The molecule has 1 amide bonds. The first-order chi connectivity index (χ1) is 10.5. The van der Waals surface area contributed by atoms with Gasteiger partial charge in [0.05, 0.1) is 5.69 Å². The van der Waals surface area contributed by atoms with E-state index in [0.29, 0.717) is 5.69 Å². The Kier molecular flexibility index (Phi) is 3.41. The minimum Gasteiger partial charge on any atom is -0.339 e. The summed E-state index contributed by atoms with van der Waals surface area (Å²) in [6.45, 7) is 1.85. The fourth-order valence-corrected chi connectivity index (χ4v) is 2.68. The van der Waals surface area contributed by atoms with Crippen molar-refractivity contribution in [2.75, 3.05) is 5.32 Å². The Labute approximate surface area is 126 Å². The van der Waals surface area contributed by atoms with E-state index in [-0.39, 0.29) is 5.69 Å². The van der Waals surface area contributed by atoms with E-state index in [9.17, 15) is 13.6 Å². The monoisotopic (exact) mass is 300 g/mol. The van der Waals surface area contributed by atoms with Crippen molar-refractivity contribution in [3.05, 3.63) is 65.4 Å². The molecular weight excluding hydrogens is 286 g/mol. The third-order valence-corrected chi connectivity index (χ3v) is 3.75. The number of aryl methyl sites for hydroxylation is 2. The number of amides is 1. The van der Waals surface area contributed by atoms with Crippen molar-refractivity contribution in [1.82, 2.24) is 4.57 Å². The maximum atomic E-state index is 13.7. The van der Waals surface area contributed by atoms with Gasteiger partial charge in [-0.3, -0.25) is 4.79 Å². The highest BCUT2D eigenvalue weighted by atomic mass is 19.1. The molecule has 22 heavy (non-hydrogen) atoms. The molecular formula is C17H14F2N2O. The van der Waals surface area contributed by atoms with Crippen molar-refractivity contribution in [2.24, 2.45) is 7.05 Å². The van der Waals surface area contributed by atoms with Gasteiger partial charge in [-0.2, -0.15) is 0 Å². The molecule has 5 heteroatoms. The Bertz CT molecular complexity index is 845. The van der Waals surface area contributed by atoms with Crippen LogP contribution in [0.15, 0.2) is 42.5 Å². The van der Waals surface area contributed by atoms with Gasteiger partial charge in [-0.1, -0.05) is 18.2 Å². The van der Waals surface area contributed by atoms with Crippen LogP contribution in [0.1, 0.15) is 16.1 Å². The standard InChI is InChI=1S/C17H14F2N2O/c1-10-12-5-3-4-6-15(12)21(2)16(10)17(22)20-14-8-7-11(18)9-13(14)19/h3-9H,1-2H3,(H,20,22). The zero-order valence-electron chi connectivity index (χ0n) is 12.2. The highest BCUT2D eigenvalue weighted by Gasteiger charge is 2.19. The van der Waals surface area contributed by atoms with Crippen molar-refractivity contribution in [3.63, 3.8) is 0 Å². The molecule has 1 N–H and O–H groups in total. The minimum atomic E-state index is -0.801. The molecule has 0 saturated heterocycles. The molecule has 0 aliphatic heterocycles. The molecule has 3 nitrogen and oxygen atoms in total. The minimum absolute atomic E-state index is 0.0453. The molecule has 1 aromatic heterocycles. The van der Waals surface area contributed by atoms with E-state index in [4.69, 9.17) is 0 Å². The van der Waals surface area contributed by atoms with Gasteiger partial charge in [0.15, 0.2) is 0 Å². The normalized spacial score (nSPS) is 10.9. The zero-order valence-corrected chi connectivity index (χ0v) is 12.2. The first-order valence-corrected chi connectivity index (χ1v) is 6.79. The summed E-state index contributed by atoms with van der Waals surface area (Å²) in [5, 5.41) is 3.46. The fourth-order valence-electron chi connectivity index (χ4n) is 2.68. The average Bonchev–Trinajstić information content (AvgIpc) is 2.74. The average molecular weight is 300 g/mol. The molecule has 0 radical (unpaired) electrons. The van der Waals surface area contributed by atoms with Crippen LogP contribution in [0.25, 0.3) is 10.9 Å². The van der Waals surface area contributed by atoms with Crippen molar-refractivity contribution >= 4 is 22.5 Å². The maximum Gasteiger partial charge on any atom is 0.272 e. The quantitative estimate of drug-likeness (QED) is 0.762. The molecule has 0 spiro atoms. The number of hydrogen-bond acceptors (Lipinski definition) is 1. The van der Waals surface area contributed by atoms with Gasteiger partial charge in [0, 0.05) is 24.0 Å². The van der Waals surface area contributed by atoms with Gasteiger partial charge in [0.2, 0.25) is 0 Å². The SMILES string of the molecule is Cc1c(C(=O)Nc2ccc(F)cc2F)n(C)c2ccccc12. The lowest BCUT2D eigenvalue weighted by atomic mass is 10.1. The van der Waals surface area contributed by atoms with Crippen LogP contribution in [0.2, 0.25) is 0 Å². The van der Waals surface area contributed by atoms with Gasteiger partial charge < -0.3 is 9.88 Å². The molecule has 0 atom stereocenters. The highest BCUT2D eigenvalue weighted by molar-refractivity contribution is 6.08. The fraction of sp³-hybridized carbons (Fsp3) is 0.118. The lowest BCUT2D eigenvalue weighted by molar-refractivity contribution is 0.101. The number of nitrogens with one attached hydrogen (secondary N) is 1. The molecule has 3 rings (SSSR count). The predicted molar refractivity (Wildman–Crippen MR) is 82.0 cm³/mol. The number of fused-ring (bicyclic) bond motifs is 1. The Balaban J connectivity index is 2.02. The molecule has 3 aromatic rings. The largest absolute Gasteiger partial charge is 0.339 e. The van der Waals surface area contributed by atoms with Crippen molar-refractivity contribution in [2.45, 2.75) is 6.92 Å². The van der Waals surface area contributed by atoms with Crippen molar-refractivity contribution < 1.29 is 13.6 Å². The van der Waals surface area contributed by atoms with Crippen LogP contribution in [0.5, 0.6) is 0 Å². The molecule has 0 unspecified atom stereocenters. The number of aromatic nitrogens is 1. The molecule has 0 saturated carbocycles. The number of carbonyl (C=O) groups excluding carboxylic acids is 1. The number of benzene rings is 2. The second-order valence-corrected chi connectivity index (χ2v) is 5.13. The van der Waals surface area contributed by atoms with Gasteiger partial charge in [0.1, 0.15) is 17.3 Å². The summed E-state index contributed by atoms with van der Waals surface area (Å²) < 4.78 is 28.4. The molecule has 112 valence electrons. The molecule has 1 heterocycles. The van der Waals surface area contributed by atoms with Gasteiger partial charge >= 0.3 is 0 Å². The number of carbonyl (C=O) groups is 1. The van der Waals surface area contributed by atoms with Gasteiger partial charge in [-0.05, 0) is 30.7 Å². The zero-order chi connectivity index (χ0) is 15.9. The van der Waals surface area contributed by atoms with Crippen LogP contribution in [0, 0.1) is 18.6 Å². The third kappa shape index (κ3) is 2.24. The number of halogens is 2. The van der Waals surface area contributed by atoms with Crippen LogP contribution in [-0.4, -0.2) is 10.5 Å². The summed E-state index contributed by atoms with van der Waals surface area (Å²) in [6, 6.07) is 10.7. The summed E-state index contributed by atoms with van der Waals surface area (Å²) in [7, 11) is 1.78. The number of para-hydroxylation sites is 1. The Morgan fingerprint density at radius 2 is 1.86 bits per heavy atom. The van der Waals surface area contributed by atoms with E-state index < -0.39 is 17.5 Å². The van der Waals surface area contributed by atoms with Crippen molar-refractivity contribution in [3.8, 4) is 0 Å². The van der Waals surface area contributed by atoms with Gasteiger partial charge in [-0.15, -0.1) is 0 Å². The van der Waals surface area contributed by atoms with Crippen LogP contribution in [0.4, 0.5) is 14.5 Å². The Hall–Kier alpha value is -2.69. The summed E-state index contributed by atoms with van der Waals surface area (Å²) in [5.74, 6) is -1.91. The second-order valence-electron chi connectivity index (χ2n) is 5.13. The van der Waals surface area contributed by atoms with E-state index in [1.807, 2.05) is 31.2 Å². The Morgan fingerprint density at radius 3 is 2.55 bits per heavy atom. The summed E-state index contributed by atoms with van der Waals surface area (Å²) >= 11 is 0. The van der Waals surface area contributed by atoms with E-state index >= 15 is 0 Å². The molecule has 0 fully saturated rings. The van der Waals surface area contributed by atoms with Crippen LogP contribution in [-0.2, 0) is 7.05 Å². The Morgan fingerprint density at radius 1 is 1.14 bits per heavy atom. The smallest absolute Gasteiger partial charge is 0.272 e. The second kappa shape index (κ2) is 5.26. The molecule has 2 aromatic carbocycles. The first kappa shape index (κ1) is 14.3. The van der Waals surface area contributed by atoms with E-state index in [2.05, 4.69) is 5.32 Å². The summed E-state index contributed by atoms with van der Waals surface area (Å²) in [5.41, 5.74) is 2.14. The van der Waals surface area contributed by atoms with Gasteiger partial charge in [-0.25, -0.2) is 8.78 Å². The third-order valence-electron chi connectivity index (χ3n) is 3.75. The number of nitrogens with zero attached hydrogens (tertiary/aromatic N) is 1.